The van der Waals surface area contributed by atoms with Crippen molar-refractivity contribution in [3.05, 3.63) is 76.6 Å². The van der Waals surface area contributed by atoms with Crippen LogP contribution in [0.4, 0.5) is 11.4 Å². The van der Waals surface area contributed by atoms with E-state index in [4.69, 9.17) is 21.1 Å². The number of nitrogens with one attached hydrogen (secondary N) is 2. The number of anilines is 2. The van der Waals surface area contributed by atoms with Gasteiger partial charge in [-0.15, -0.1) is 0 Å². The van der Waals surface area contributed by atoms with Crippen LogP contribution in [0.5, 0.6) is 11.5 Å². The number of aryl methyl sites for hydroxylation is 1. The molecule has 0 bridgehead atoms. The van der Waals surface area contributed by atoms with E-state index in [0.717, 1.165) is 28.3 Å². The molecule has 142 valence electrons. The van der Waals surface area contributed by atoms with Crippen molar-refractivity contribution in [2.24, 2.45) is 0 Å². The summed E-state index contributed by atoms with van der Waals surface area (Å²) in [6, 6.07) is 12.9. The van der Waals surface area contributed by atoms with Crippen molar-refractivity contribution in [3.8, 4) is 11.5 Å². The second-order valence-corrected chi connectivity index (χ2v) is 6.85. The summed E-state index contributed by atoms with van der Waals surface area (Å²) in [5.41, 5.74) is 3.84. The highest BCUT2D eigenvalue weighted by Crippen LogP contribution is 2.32. The van der Waals surface area contributed by atoms with E-state index in [-0.39, 0.29) is 12.7 Å². The first-order valence-corrected chi connectivity index (χ1v) is 9.11. The third-order valence-corrected chi connectivity index (χ3v) is 4.62. The van der Waals surface area contributed by atoms with E-state index >= 15 is 0 Å². The topological polar surface area (TPSA) is 72.5 Å². The van der Waals surface area contributed by atoms with Gasteiger partial charge < -0.3 is 20.1 Å². The van der Waals surface area contributed by atoms with Crippen LogP contribution in [0, 0.1) is 6.92 Å². The molecule has 0 spiro atoms. The lowest BCUT2D eigenvalue weighted by Crippen LogP contribution is -2.13. The van der Waals surface area contributed by atoms with Gasteiger partial charge in [-0.3, -0.25) is 9.78 Å². The van der Waals surface area contributed by atoms with Crippen LogP contribution in [-0.4, -0.2) is 17.7 Å². The van der Waals surface area contributed by atoms with Crippen LogP contribution in [-0.2, 0) is 6.54 Å². The van der Waals surface area contributed by atoms with Gasteiger partial charge in [0.2, 0.25) is 6.79 Å². The molecule has 0 radical (unpaired) electrons. The number of halogens is 1. The molecule has 3 aromatic rings. The molecular weight excluding hydrogens is 378 g/mol. The van der Waals surface area contributed by atoms with Crippen LogP contribution in [0.25, 0.3) is 0 Å². The fourth-order valence-electron chi connectivity index (χ4n) is 2.84. The van der Waals surface area contributed by atoms with E-state index in [1.807, 2.05) is 31.2 Å². The Kier molecular flexibility index (Phi) is 5.04. The zero-order valence-corrected chi connectivity index (χ0v) is 15.9. The zero-order valence-electron chi connectivity index (χ0n) is 15.2. The highest BCUT2D eigenvalue weighted by Gasteiger charge is 2.13. The Morgan fingerprint density at radius 2 is 1.96 bits per heavy atom. The Morgan fingerprint density at radius 1 is 1.11 bits per heavy atom. The van der Waals surface area contributed by atoms with E-state index < -0.39 is 0 Å². The molecule has 6 nitrogen and oxygen atoms in total. The van der Waals surface area contributed by atoms with Gasteiger partial charge in [0.25, 0.3) is 5.91 Å². The van der Waals surface area contributed by atoms with Crippen molar-refractivity contribution in [1.29, 1.82) is 0 Å². The van der Waals surface area contributed by atoms with E-state index in [2.05, 4.69) is 15.6 Å². The Morgan fingerprint density at radius 3 is 2.86 bits per heavy atom. The molecule has 0 saturated heterocycles. The summed E-state index contributed by atoms with van der Waals surface area (Å²) < 4.78 is 10.7. The molecule has 0 unspecified atom stereocenters. The molecule has 1 aromatic heterocycles. The maximum atomic E-state index is 12.6. The highest BCUT2D eigenvalue weighted by molar-refractivity contribution is 6.31. The molecule has 0 atom stereocenters. The average Bonchev–Trinajstić information content (AvgIpc) is 3.17. The van der Waals surface area contributed by atoms with E-state index in [1.54, 1.807) is 24.4 Å². The normalized spacial score (nSPS) is 11.9. The first kappa shape index (κ1) is 18.1. The standard InChI is InChI=1S/C21H18ClN3O3/c1-13-2-4-16(22)8-18(13)25-21(26)15-7-17(11-23-10-15)24-9-14-3-5-19-20(6-14)28-12-27-19/h2-8,10-11,24H,9,12H2,1H3,(H,25,26). The van der Waals surface area contributed by atoms with Crippen LogP contribution in [0.1, 0.15) is 21.5 Å². The predicted molar refractivity (Wildman–Crippen MR) is 108 cm³/mol. The minimum absolute atomic E-state index is 0.246. The number of benzene rings is 2. The summed E-state index contributed by atoms with van der Waals surface area (Å²) in [4.78, 5) is 16.7. The van der Waals surface area contributed by atoms with Crippen molar-refractivity contribution in [2.75, 3.05) is 17.4 Å². The van der Waals surface area contributed by atoms with Gasteiger partial charge in [0.05, 0.1) is 11.3 Å². The molecule has 2 heterocycles. The number of fused-ring (bicyclic) bond motifs is 1. The summed E-state index contributed by atoms with van der Waals surface area (Å²) >= 11 is 6.02. The van der Waals surface area contributed by atoms with Crippen molar-refractivity contribution in [3.63, 3.8) is 0 Å². The van der Waals surface area contributed by atoms with Gasteiger partial charge in [-0.2, -0.15) is 0 Å². The molecular formula is C21H18ClN3O3. The summed E-state index contributed by atoms with van der Waals surface area (Å²) in [6.07, 6.45) is 3.20. The van der Waals surface area contributed by atoms with Gasteiger partial charge in [-0.1, -0.05) is 23.7 Å². The number of aromatic nitrogens is 1. The number of rotatable bonds is 5. The van der Waals surface area contributed by atoms with E-state index in [0.29, 0.717) is 22.8 Å². The molecule has 0 aliphatic carbocycles. The van der Waals surface area contributed by atoms with Crippen LogP contribution in [0.3, 0.4) is 0 Å². The van der Waals surface area contributed by atoms with Crippen molar-refractivity contribution < 1.29 is 14.3 Å². The largest absolute Gasteiger partial charge is 0.454 e. The van der Waals surface area contributed by atoms with Gasteiger partial charge in [0.1, 0.15) is 0 Å². The number of carbonyl (C=O) groups is 1. The lowest BCUT2D eigenvalue weighted by molar-refractivity contribution is 0.102. The quantitative estimate of drug-likeness (QED) is 0.658. The number of nitrogens with zero attached hydrogens (tertiary/aromatic N) is 1. The lowest BCUT2D eigenvalue weighted by Gasteiger charge is -2.11. The van der Waals surface area contributed by atoms with Crippen molar-refractivity contribution in [2.45, 2.75) is 13.5 Å². The fourth-order valence-corrected chi connectivity index (χ4v) is 3.01. The number of carbonyl (C=O) groups excluding carboxylic acids is 1. The van der Waals surface area contributed by atoms with Crippen LogP contribution < -0.4 is 20.1 Å². The van der Waals surface area contributed by atoms with E-state index in [9.17, 15) is 4.79 Å². The molecule has 0 fully saturated rings. The zero-order chi connectivity index (χ0) is 19.5. The van der Waals surface area contributed by atoms with Crippen molar-refractivity contribution >= 4 is 28.9 Å². The first-order chi connectivity index (χ1) is 13.6. The first-order valence-electron chi connectivity index (χ1n) is 8.73. The summed E-state index contributed by atoms with van der Waals surface area (Å²) in [5.74, 6) is 1.24. The minimum atomic E-state index is -0.246. The van der Waals surface area contributed by atoms with E-state index in [1.165, 1.54) is 6.20 Å². The second kappa shape index (κ2) is 7.78. The van der Waals surface area contributed by atoms with Crippen LogP contribution in [0.15, 0.2) is 54.9 Å². The SMILES string of the molecule is Cc1ccc(Cl)cc1NC(=O)c1cncc(NCc2ccc3c(c2)OCO3)c1. The molecule has 28 heavy (non-hydrogen) atoms. The fraction of sp³-hybridized carbons (Fsp3) is 0.143. The van der Waals surface area contributed by atoms with Crippen LogP contribution in [0.2, 0.25) is 5.02 Å². The summed E-state index contributed by atoms with van der Waals surface area (Å²) in [7, 11) is 0. The Bertz CT molecular complexity index is 1040. The summed E-state index contributed by atoms with van der Waals surface area (Å²) in [6.45, 7) is 2.73. The molecule has 4 rings (SSSR count). The molecule has 1 aliphatic heterocycles. The van der Waals surface area contributed by atoms with Gasteiger partial charge in [0.15, 0.2) is 11.5 Å². The smallest absolute Gasteiger partial charge is 0.257 e. The molecule has 7 heteroatoms. The second-order valence-electron chi connectivity index (χ2n) is 6.42. The molecule has 2 N–H and O–H groups in total. The number of hydrogen-bond acceptors (Lipinski definition) is 5. The molecule has 2 aromatic carbocycles. The van der Waals surface area contributed by atoms with Gasteiger partial charge >= 0.3 is 0 Å². The lowest BCUT2D eigenvalue weighted by atomic mass is 10.1. The minimum Gasteiger partial charge on any atom is -0.454 e. The molecule has 1 aliphatic rings. The number of ether oxygens (including phenoxy) is 2. The van der Waals surface area contributed by atoms with Gasteiger partial charge in [-0.25, -0.2) is 0 Å². The van der Waals surface area contributed by atoms with Gasteiger partial charge in [0, 0.05) is 29.6 Å². The Hall–Kier alpha value is -3.25. The third-order valence-electron chi connectivity index (χ3n) is 4.38. The van der Waals surface area contributed by atoms with Crippen molar-refractivity contribution in [1.82, 2.24) is 4.98 Å². The van der Waals surface area contributed by atoms with Crippen LogP contribution >= 0.6 is 11.6 Å². The molecule has 1 amide bonds. The average molecular weight is 396 g/mol. The maximum absolute atomic E-state index is 12.6. The third kappa shape index (κ3) is 4.02. The number of amides is 1. The summed E-state index contributed by atoms with van der Waals surface area (Å²) in [5, 5.41) is 6.71. The monoisotopic (exact) mass is 395 g/mol. The van der Waals surface area contributed by atoms with Gasteiger partial charge in [-0.05, 0) is 48.4 Å². The highest BCUT2D eigenvalue weighted by atomic mass is 35.5. The number of hydrogen-bond donors (Lipinski definition) is 2. The molecule has 0 saturated carbocycles. The predicted octanol–water partition coefficient (Wildman–Crippen LogP) is 4.64. The Labute approximate surface area is 167 Å². The maximum Gasteiger partial charge on any atom is 0.257 e. The Balaban J connectivity index is 1.43. The number of pyridine rings is 1.